The Morgan fingerprint density at radius 3 is 2.63 bits per heavy atom. The van der Waals surface area contributed by atoms with Crippen molar-refractivity contribution in [3.05, 3.63) is 59.4 Å². The maximum Gasteiger partial charge on any atom is 0.325 e. The monoisotopic (exact) mass is 479 g/mol. The first-order valence-corrected chi connectivity index (χ1v) is 12.0. The van der Waals surface area contributed by atoms with Crippen molar-refractivity contribution in [2.75, 3.05) is 30.8 Å². The highest BCUT2D eigenvalue weighted by Gasteiger charge is 2.55. The van der Waals surface area contributed by atoms with Crippen LogP contribution in [-0.2, 0) is 21.7 Å². The third-order valence-electron chi connectivity index (χ3n) is 7.57. The number of nitrogen functional groups attached to an aromatic ring is 1. The summed E-state index contributed by atoms with van der Waals surface area (Å²) in [6, 6.07) is 10.7. The van der Waals surface area contributed by atoms with E-state index < -0.39 is 17.5 Å². The molecule has 1 aliphatic carbocycles. The summed E-state index contributed by atoms with van der Waals surface area (Å²) in [6.07, 6.45) is 2.47. The minimum absolute atomic E-state index is 0.0469. The van der Waals surface area contributed by atoms with Gasteiger partial charge in [-0.15, -0.1) is 0 Å². The maximum absolute atomic E-state index is 13.7. The second kappa shape index (κ2) is 8.55. The van der Waals surface area contributed by atoms with Crippen LogP contribution in [0.4, 0.5) is 20.6 Å². The summed E-state index contributed by atoms with van der Waals surface area (Å²) in [7, 11) is 1.92. The van der Waals surface area contributed by atoms with E-state index >= 15 is 0 Å². The smallest absolute Gasteiger partial charge is 0.325 e. The largest absolute Gasteiger partial charge is 0.399 e. The summed E-state index contributed by atoms with van der Waals surface area (Å²) in [5.74, 6) is -0.678. The van der Waals surface area contributed by atoms with Crippen LogP contribution in [0.15, 0.2) is 42.5 Å². The fourth-order valence-electron chi connectivity index (χ4n) is 5.24. The molecule has 2 aromatic rings. The van der Waals surface area contributed by atoms with Gasteiger partial charge >= 0.3 is 6.03 Å². The molecule has 184 valence electrons. The molecule has 2 aromatic carbocycles. The summed E-state index contributed by atoms with van der Waals surface area (Å²) in [5, 5.41) is 2.89. The normalized spacial score (nSPS) is 22.3. The average molecular weight is 480 g/mol. The van der Waals surface area contributed by atoms with Crippen LogP contribution in [0.3, 0.4) is 0 Å². The number of nitrogens with two attached hydrogens (primary N) is 1. The molecule has 0 radical (unpaired) electrons. The Morgan fingerprint density at radius 1 is 1.23 bits per heavy atom. The lowest BCUT2D eigenvalue weighted by molar-refractivity contribution is -0.141. The molecular weight excluding hydrogens is 449 g/mol. The van der Waals surface area contributed by atoms with E-state index in [-0.39, 0.29) is 24.3 Å². The summed E-state index contributed by atoms with van der Waals surface area (Å²) in [5.41, 5.74) is 7.60. The minimum Gasteiger partial charge on any atom is -0.399 e. The quantitative estimate of drug-likeness (QED) is 0.490. The van der Waals surface area contributed by atoms with E-state index in [1.807, 2.05) is 18.9 Å². The van der Waals surface area contributed by atoms with Crippen LogP contribution in [0.1, 0.15) is 37.3 Å². The van der Waals surface area contributed by atoms with E-state index in [1.54, 1.807) is 35.2 Å². The van der Waals surface area contributed by atoms with Crippen LogP contribution >= 0.6 is 0 Å². The topological polar surface area (TPSA) is 99.0 Å². The number of hydrogen-bond acceptors (Lipinski definition) is 5. The number of nitrogens with zero attached hydrogens (tertiary/aromatic N) is 3. The number of amides is 4. The summed E-state index contributed by atoms with van der Waals surface area (Å²) < 4.78 is 13.4. The van der Waals surface area contributed by atoms with Crippen molar-refractivity contribution in [3.8, 4) is 0 Å². The van der Waals surface area contributed by atoms with Crippen LogP contribution < -0.4 is 16.0 Å². The second-order valence-corrected chi connectivity index (χ2v) is 9.90. The molecule has 1 unspecified atom stereocenters. The van der Waals surface area contributed by atoms with Gasteiger partial charge in [0, 0.05) is 49.5 Å². The SMILES string of the molecule is C[C@@H](C1CC1)N(Cc1ccc(F)cc1)C(=O)CN1C(=O)NC2(CCN(C)c3cc(N)ccc32)C1=O. The molecule has 3 aliphatic rings. The summed E-state index contributed by atoms with van der Waals surface area (Å²) in [4.78, 5) is 45.0. The molecule has 1 saturated heterocycles. The van der Waals surface area contributed by atoms with Crippen LogP contribution in [0.2, 0.25) is 0 Å². The molecule has 5 rings (SSSR count). The molecule has 8 nitrogen and oxygen atoms in total. The third kappa shape index (κ3) is 4.09. The van der Waals surface area contributed by atoms with Crippen LogP contribution in [0, 0.1) is 11.7 Å². The van der Waals surface area contributed by atoms with Gasteiger partial charge in [0.15, 0.2) is 5.54 Å². The average Bonchev–Trinajstić information content (AvgIpc) is 3.65. The van der Waals surface area contributed by atoms with Crippen LogP contribution in [-0.4, -0.2) is 53.8 Å². The fraction of sp³-hybridized carbons (Fsp3) is 0.423. The van der Waals surface area contributed by atoms with Crippen molar-refractivity contribution >= 4 is 29.2 Å². The number of hydrogen-bond donors (Lipinski definition) is 2. The number of urea groups is 1. The number of benzene rings is 2. The molecule has 1 saturated carbocycles. The van der Waals surface area contributed by atoms with Gasteiger partial charge in [-0.3, -0.25) is 14.5 Å². The van der Waals surface area contributed by atoms with E-state index in [9.17, 15) is 18.8 Å². The van der Waals surface area contributed by atoms with E-state index in [0.717, 1.165) is 29.0 Å². The standard InChI is InChI=1S/C26H30FN5O3/c1-16(18-5-6-18)31(14-17-3-7-19(27)8-4-17)23(33)15-32-24(34)26(29-25(32)35)11-12-30(2)22-13-20(28)9-10-21(22)26/h3-4,7-10,13,16,18H,5-6,11-12,14-15,28H2,1-2H3,(H,29,35)/t16-,26?/m0/s1. The zero-order valence-corrected chi connectivity index (χ0v) is 20.0. The lowest BCUT2D eigenvalue weighted by Crippen LogP contribution is -2.51. The highest BCUT2D eigenvalue weighted by Crippen LogP contribution is 2.42. The van der Waals surface area contributed by atoms with Crippen molar-refractivity contribution in [2.45, 2.75) is 44.3 Å². The molecule has 1 spiro atoms. The van der Waals surface area contributed by atoms with Gasteiger partial charge in [0.2, 0.25) is 5.91 Å². The Balaban J connectivity index is 1.40. The molecule has 0 bridgehead atoms. The first kappa shape index (κ1) is 23.1. The van der Waals surface area contributed by atoms with Gasteiger partial charge in [0.25, 0.3) is 5.91 Å². The van der Waals surface area contributed by atoms with E-state index in [0.29, 0.717) is 36.7 Å². The van der Waals surface area contributed by atoms with Gasteiger partial charge in [-0.05, 0) is 55.5 Å². The van der Waals surface area contributed by atoms with E-state index in [4.69, 9.17) is 5.73 Å². The number of carbonyl (C=O) groups is 3. The molecule has 2 aliphatic heterocycles. The Hall–Kier alpha value is -3.62. The number of anilines is 2. The highest BCUT2D eigenvalue weighted by atomic mass is 19.1. The second-order valence-electron chi connectivity index (χ2n) is 9.90. The fourth-order valence-corrected chi connectivity index (χ4v) is 5.24. The predicted octanol–water partition coefficient (Wildman–Crippen LogP) is 2.82. The third-order valence-corrected chi connectivity index (χ3v) is 7.57. The Bertz CT molecular complexity index is 1180. The Morgan fingerprint density at radius 2 is 1.94 bits per heavy atom. The molecular formula is C26H30FN5O3. The first-order valence-electron chi connectivity index (χ1n) is 12.0. The molecule has 3 N–H and O–H groups in total. The zero-order chi connectivity index (χ0) is 24.9. The summed E-state index contributed by atoms with van der Waals surface area (Å²) in [6.45, 7) is 2.49. The van der Waals surface area contributed by atoms with Crippen LogP contribution in [0.25, 0.3) is 0 Å². The van der Waals surface area contributed by atoms with Gasteiger partial charge in [-0.25, -0.2) is 9.18 Å². The van der Waals surface area contributed by atoms with Crippen molar-refractivity contribution in [2.24, 2.45) is 5.92 Å². The number of nitrogens with one attached hydrogen (secondary N) is 1. The van der Waals surface area contributed by atoms with Gasteiger partial charge < -0.3 is 20.9 Å². The molecule has 4 amide bonds. The maximum atomic E-state index is 13.7. The van der Waals surface area contributed by atoms with Crippen molar-refractivity contribution in [1.82, 2.24) is 15.1 Å². The molecule has 35 heavy (non-hydrogen) atoms. The van der Waals surface area contributed by atoms with Gasteiger partial charge in [0.1, 0.15) is 12.4 Å². The van der Waals surface area contributed by atoms with Gasteiger partial charge in [-0.2, -0.15) is 0 Å². The van der Waals surface area contributed by atoms with Gasteiger partial charge in [-0.1, -0.05) is 18.2 Å². The van der Waals surface area contributed by atoms with Crippen molar-refractivity contribution in [3.63, 3.8) is 0 Å². The predicted molar refractivity (Wildman–Crippen MR) is 130 cm³/mol. The van der Waals surface area contributed by atoms with E-state index in [2.05, 4.69) is 5.32 Å². The van der Waals surface area contributed by atoms with Gasteiger partial charge in [0.05, 0.1) is 0 Å². The number of halogens is 1. The lowest BCUT2D eigenvalue weighted by Gasteiger charge is -2.38. The molecule has 2 fully saturated rings. The molecule has 2 heterocycles. The Labute approximate surface area is 203 Å². The number of rotatable bonds is 6. The lowest BCUT2D eigenvalue weighted by atomic mass is 9.82. The van der Waals surface area contributed by atoms with E-state index in [1.165, 1.54) is 12.1 Å². The molecule has 9 heteroatoms. The van der Waals surface area contributed by atoms with Crippen molar-refractivity contribution in [1.29, 1.82) is 0 Å². The zero-order valence-electron chi connectivity index (χ0n) is 20.0. The molecule has 2 atom stereocenters. The highest BCUT2D eigenvalue weighted by molar-refractivity contribution is 6.10. The van der Waals surface area contributed by atoms with Crippen molar-refractivity contribution < 1.29 is 18.8 Å². The van der Waals surface area contributed by atoms with Crippen LogP contribution in [0.5, 0.6) is 0 Å². The Kier molecular flexibility index (Phi) is 5.65. The number of imide groups is 1. The number of fused-ring (bicyclic) bond motifs is 2. The molecule has 0 aromatic heterocycles. The minimum atomic E-state index is -1.21. The summed E-state index contributed by atoms with van der Waals surface area (Å²) >= 11 is 0. The first-order chi connectivity index (χ1) is 16.7. The number of carbonyl (C=O) groups excluding carboxylic acids is 3.